The lowest BCUT2D eigenvalue weighted by atomic mass is 10.1. The number of nitrogens with zero attached hydrogens (tertiary/aromatic N) is 2. The van der Waals surface area contributed by atoms with E-state index in [2.05, 4.69) is 0 Å². The van der Waals surface area contributed by atoms with Gasteiger partial charge in [-0.2, -0.15) is 0 Å². The van der Waals surface area contributed by atoms with Gasteiger partial charge in [0.2, 0.25) is 5.91 Å². The number of hydrogen-bond donors (Lipinski definition) is 0. The average Bonchev–Trinajstić information content (AvgIpc) is 3.09. The number of benzene rings is 1. The summed E-state index contributed by atoms with van der Waals surface area (Å²) in [6, 6.07) is 9.02. The number of piperazine rings is 1. The molecule has 0 spiro atoms. The Morgan fingerprint density at radius 2 is 1.78 bits per heavy atom. The van der Waals surface area contributed by atoms with E-state index in [1.54, 1.807) is 17.0 Å². The molecule has 0 aliphatic carbocycles. The molecule has 0 saturated carbocycles. The molecular weight excluding hydrogens is 296 g/mol. The predicted octanol–water partition coefficient (Wildman–Crippen LogP) is 1.90. The Morgan fingerprint density at radius 1 is 1.09 bits per heavy atom. The van der Waals surface area contributed by atoms with Crippen LogP contribution in [0.2, 0.25) is 0 Å². The number of ether oxygens (including phenoxy) is 2. The zero-order valence-electron chi connectivity index (χ0n) is 13.1. The van der Waals surface area contributed by atoms with Crippen LogP contribution in [0.1, 0.15) is 19.3 Å². The van der Waals surface area contributed by atoms with Gasteiger partial charge in [0.25, 0.3) is 0 Å². The Labute approximate surface area is 136 Å². The largest absolute Gasteiger partial charge is 0.415 e. The summed E-state index contributed by atoms with van der Waals surface area (Å²) in [6.45, 7) is 2.87. The summed E-state index contributed by atoms with van der Waals surface area (Å²) in [5.41, 5.74) is 0. The molecule has 23 heavy (non-hydrogen) atoms. The number of para-hydroxylation sites is 1. The Hall–Kier alpha value is -2.08. The molecule has 6 heteroatoms. The van der Waals surface area contributed by atoms with Crippen molar-refractivity contribution < 1.29 is 19.1 Å². The second-order valence-corrected chi connectivity index (χ2v) is 5.89. The van der Waals surface area contributed by atoms with Crippen LogP contribution in [0.3, 0.4) is 0 Å². The van der Waals surface area contributed by atoms with E-state index >= 15 is 0 Å². The summed E-state index contributed by atoms with van der Waals surface area (Å²) in [6.07, 6.45) is 2.17. The third-order valence-electron chi connectivity index (χ3n) is 4.27. The quantitative estimate of drug-likeness (QED) is 0.854. The van der Waals surface area contributed by atoms with Crippen molar-refractivity contribution in [2.45, 2.75) is 25.4 Å². The highest BCUT2D eigenvalue weighted by Crippen LogP contribution is 2.17. The molecule has 2 aliphatic heterocycles. The topological polar surface area (TPSA) is 59.1 Å². The van der Waals surface area contributed by atoms with Gasteiger partial charge in [-0.3, -0.25) is 4.79 Å². The normalized spacial score (nSPS) is 21.3. The number of amides is 2. The lowest BCUT2D eigenvalue weighted by molar-refractivity contribution is -0.135. The first-order valence-electron chi connectivity index (χ1n) is 8.13. The van der Waals surface area contributed by atoms with Crippen molar-refractivity contribution in [2.75, 3.05) is 32.8 Å². The Balaban J connectivity index is 1.44. The molecule has 124 valence electrons. The molecule has 2 fully saturated rings. The van der Waals surface area contributed by atoms with Gasteiger partial charge < -0.3 is 19.3 Å². The summed E-state index contributed by atoms with van der Waals surface area (Å²) >= 11 is 0. The predicted molar refractivity (Wildman–Crippen MR) is 84.2 cm³/mol. The smallest absolute Gasteiger partial charge is 0.410 e. The van der Waals surface area contributed by atoms with Crippen molar-refractivity contribution >= 4 is 12.0 Å². The van der Waals surface area contributed by atoms with E-state index in [4.69, 9.17) is 9.47 Å². The van der Waals surface area contributed by atoms with Gasteiger partial charge in [-0.05, 0) is 25.0 Å². The van der Waals surface area contributed by atoms with Gasteiger partial charge in [-0.1, -0.05) is 18.2 Å². The van der Waals surface area contributed by atoms with Crippen molar-refractivity contribution in [3.63, 3.8) is 0 Å². The first-order valence-corrected chi connectivity index (χ1v) is 8.13. The zero-order chi connectivity index (χ0) is 16.1. The third kappa shape index (κ3) is 4.22. The first-order chi connectivity index (χ1) is 11.2. The zero-order valence-corrected chi connectivity index (χ0v) is 13.1. The molecule has 1 aromatic carbocycles. The summed E-state index contributed by atoms with van der Waals surface area (Å²) in [5, 5.41) is 0. The summed E-state index contributed by atoms with van der Waals surface area (Å²) in [7, 11) is 0. The van der Waals surface area contributed by atoms with E-state index in [-0.39, 0.29) is 18.1 Å². The Morgan fingerprint density at radius 3 is 2.43 bits per heavy atom. The second-order valence-electron chi connectivity index (χ2n) is 5.89. The molecule has 2 saturated heterocycles. The molecule has 3 rings (SSSR count). The first kappa shape index (κ1) is 15.8. The molecule has 1 atom stereocenters. The summed E-state index contributed by atoms with van der Waals surface area (Å²) in [4.78, 5) is 27.8. The van der Waals surface area contributed by atoms with E-state index in [0.717, 1.165) is 19.4 Å². The van der Waals surface area contributed by atoms with Crippen LogP contribution in [0.15, 0.2) is 30.3 Å². The fraction of sp³-hybridized carbons (Fsp3) is 0.529. The van der Waals surface area contributed by atoms with Crippen LogP contribution in [-0.2, 0) is 9.53 Å². The maximum Gasteiger partial charge on any atom is 0.415 e. The molecule has 0 radical (unpaired) electrons. The average molecular weight is 318 g/mol. The summed E-state index contributed by atoms with van der Waals surface area (Å²) in [5.74, 6) is 0.655. The fourth-order valence-electron chi connectivity index (χ4n) is 2.92. The molecule has 0 bridgehead atoms. The van der Waals surface area contributed by atoms with Crippen LogP contribution in [-0.4, -0.2) is 60.7 Å². The fourth-order valence-corrected chi connectivity index (χ4v) is 2.92. The van der Waals surface area contributed by atoms with Crippen molar-refractivity contribution in [1.29, 1.82) is 0 Å². The van der Waals surface area contributed by atoms with E-state index in [1.165, 1.54) is 0 Å². The van der Waals surface area contributed by atoms with Crippen LogP contribution in [0.25, 0.3) is 0 Å². The van der Waals surface area contributed by atoms with Gasteiger partial charge in [0, 0.05) is 32.8 Å². The maximum absolute atomic E-state index is 12.2. The molecule has 0 unspecified atom stereocenters. The molecule has 2 heterocycles. The number of carbonyl (C=O) groups is 2. The summed E-state index contributed by atoms with van der Waals surface area (Å²) < 4.78 is 10.8. The molecule has 0 N–H and O–H groups in total. The minimum absolute atomic E-state index is 0.0728. The number of carbonyl (C=O) groups excluding carboxylic acids is 2. The number of rotatable bonds is 3. The van der Waals surface area contributed by atoms with E-state index < -0.39 is 0 Å². The minimum Gasteiger partial charge on any atom is -0.410 e. The van der Waals surface area contributed by atoms with Crippen LogP contribution >= 0.6 is 0 Å². The highest BCUT2D eigenvalue weighted by Gasteiger charge is 2.27. The SMILES string of the molecule is O=C(C[C@@H]1CCCO1)N1CCN(C(=O)Oc2ccccc2)CC1. The van der Waals surface area contributed by atoms with E-state index in [1.807, 2.05) is 23.1 Å². The standard InChI is InChI=1S/C17H22N2O4/c20-16(13-15-7-4-12-22-15)18-8-10-19(11-9-18)17(21)23-14-5-2-1-3-6-14/h1-3,5-6,15H,4,7-13H2/t15-/m0/s1. The van der Waals surface area contributed by atoms with Crippen molar-refractivity contribution in [3.8, 4) is 5.75 Å². The highest BCUT2D eigenvalue weighted by atomic mass is 16.6. The lowest BCUT2D eigenvalue weighted by Gasteiger charge is -2.34. The van der Waals surface area contributed by atoms with Gasteiger partial charge >= 0.3 is 6.09 Å². The van der Waals surface area contributed by atoms with Gasteiger partial charge in [0.05, 0.1) is 12.5 Å². The second kappa shape index (κ2) is 7.46. The molecule has 0 aromatic heterocycles. The minimum atomic E-state index is -0.359. The van der Waals surface area contributed by atoms with Crippen molar-refractivity contribution in [1.82, 2.24) is 9.80 Å². The highest BCUT2D eigenvalue weighted by molar-refractivity contribution is 5.77. The Kier molecular flexibility index (Phi) is 5.12. The van der Waals surface area contributed by atoms with E-state index in [9.17, 15) is 9.59 Å². The van der Waals surface area contributed by atoms with Crippen LogP contribution in [0, 0.1) is 0 Å². The molecule has 6 nitrogen and oxygen atoms in total. The Bertz CT molecular complexity index is 535. The van der Waals surface area contributed by atoms with Crippen molar-refractivity contribution in [2.24, 2.45) is 0 Å². The number of hydrogen-bond acceptors (Lipinski definition) is 4. The van der Waals surface area contributed by atoms with Gasteiger partial charge in [-0.15, -0.1) is 0 Å². The van der Waals surface area contributed by atoms with Crippen molar-refractivity contribution in [3.05, 3.63) is 30.3 Å². The van der Waals surface area contributed by atoms with Crippen LogP contribution in [0.4, 0.5) is 4.79 Å². The van der Waals surface area contributed by atoms with Gasteiger partial charge in [0.15, 0.2) is 0 Å². The van der Waals surface area contributed by atoms with E-state index in [0.29, 0.717) is 38.3 Å². The molecule has 2 aliphatic rings. The lowest BCUT2D eigenvalue weighted by Crippen LogP contribution is -2.51. The molecule has 1 aromatic rings. The monoisotopic (exact) mass is 318 g/mol. The third-order valence-corrected chi connectivity index (χ3v) is 4.27. The molecule has 2 amide bonds. The van der Waals surface area contributed by atoms with Gasteiger partial charge in [-0.25, -0.2) is 4.79 Å². The van der Waals surface area contributed by atoms with Gasteiger partial charge in [0.1, 0.15) is 5.75 Å². The van der Waals surface area contributed by atoms with Crippen LogP contribution < -0.4 is 4.74 Å². The molecular formula is C17H22N2O4. The maximum atomic E-state index is 12.2. The van der Waals surface area contributed by atoms with Crippen LogP contribution in [0.5, 0.6) is 5.75 Å².